The highest BCUT2D eigenvalue weighted by atomic mass is 16.2. The molecular weight excluding hydrogens is 252 g/mol. The highest BCUT2D eigenvalue weighted by Gasteiger charge is 2.54. The minimum atomic E-state index is -0.564. The Bertz CT molecular complexity index is 422. The first-order valence-corrected chi connectivity index (χ1v) is 8.15. The van der Waals surface area contributed by atoms with Crippen LogP contribution in [0, 0.1) is 5.41 Å². The lowest BCUT2D eigenvalue weighted by Crippen LogP contribution is -2.69. The molecule has 1 heterocycles. The van der Waals surface area contributed by atoms with E-state index in [1.165, 1.54) is 19.3 Å². The van der Waals surface area contributed by atoms with Crippen LogP contribution in [0.15, 0.2) is 0 Å². The summed E-state index contributed by atoms with van der Waals surface area (Å²) in [7, 11) is 0. The number of rotatable bonds is 4. The monoisotopic (exact) mass is 278 g/mol. The van der Waals surface area contributed by atoms with Gasteiger partial charge in [0.25, 0.3) is 0 Å². The summed E-state index contributed by atoms with van der Waals surface area (Å²) in [6, 6.07) is -0.303. The zero-order valence-electron chi connectivity index (χ0n) is 12.7. The first kappa shape index (κ1) is 13.9. The highest BCUT2D eigenvalue weighted by molar-refractivity contribution is 5.99. The number of hydrogen-bond donors (Lipinski definition) is 1. The number of nitrogens with zero attached hydrogens (tertiary/aromatic N) is 1. The summed E-state index contributed by atoms with van der Waals surface area (Å²) >= 11 is 0. The molecule has 0 radical (unpaired) electrons. The average Bonchev–Trinajstić information content (AvgIpc) is 3.01. The standard InChI is InChI=1S/C16H26N2O2/c1-3-6-15(9-10-15)11-18-12(2)13(19)17-16(14(18)20)7-4-5-8-16/h12H,3-11H2,1-2H3,(H,17,19). The van der Waals surface area contributed by atoms with E-state index in [0.29, 0.717) is 5.41 Å². The molecule has 3 rings (SSSR count). The third-order valence-corrected chi connectivity index (χ3v) is 5.58. The van der Waals surface area contributed by atoms with Gasteiger partial charge in [-0.3, -0.25) is 9.59 Å². The highest BCUT2D eigenvalue weighted by Crippen LogP contribution is 2.51. The maximum Gasteiger partial charge on any atom is 0.249 e. The summed E-state index contributed by atoms with van der Waals surface area (Å²) in [6.07, 6.45) is 8.51. The lowest BCUT2D eigenvalue weighted by atomic mass is 9.89. The summed E-state index contributed by atoms with van der Waals surface area (Å²) in [4.78, 5) is 27.1. The van der Waals surface area contributed by atoms with Crippen LogP contribution in [0.4, 0.5) is 0 Å². The van der Waals surface area contributed by atoms with Gasteiger partial charge in [0, 0.05) is 6.54 Å². The SMILES string of the molecule is CCCC1(CN2C(=O)C3(CCCC3)NC(=O)C2C)CC1. The van der Waals surface area contributed by atoms with Crippen molar-refractivity contribution in [3.05, 3.63) is 0 Å². The van der Waals surface area contributed by atoms with Gasteiger partial charge in [-0.05, 0) is 44.4 Å². The third-order valence-electron chi connectivity index (χ3n) is 5.58. The van der Waals surface area contributed by atoms with Gasteiger partial charge in [-0.2, -0.15) is 0 Å². The quantitative estimate of drug-likeness (QED) is 0.857. The number of hydrogen-bond acceptors (Lipinski definition) is 2. The van der Waals surface area contributed by atoms with Crippen molar-refractivity contribution in [2.45, 2.75) is 76.8 Å². The molecule has 2 amide bonds. The van der Waals surface area contributed by atoms with Gasteiger partial charge in [-0.15, -0.1) is 0 Å². The fraction of sp³-hybridized carbons (Fsp3) is 0.875. The molecule has 0 aromatic carbocycles. The molecule has 4 heteroatoms. The number of carbonyl (C=O) groups excluding carboxylic acids is 2. The Balaban J connectivity index is 1.80. The molecule has 0 bridgehead atoms. The summed E-state index contributed by atoms with van der Waals surface area (Å²) in [5.74, 6) is 0.225. The minimum absolute atomic E-state index is 0.0406. The first-order chi connectivity index (χ1) is 9.52. The van der Waals surface area contributed by atoms with Crippen molar-refractivity contribution in [1.82, 2.24) is 10.2 Å². The molecule has 3 aliphatic rings. The second-order valence-corrected chi connectivity index (χ2v) is 7.14. The molecule has 1 saturated heterocycles. The first-order valence-electron chi connectivity index (χ1n) is 8.15. The molecule has 1 N–H and O–H groups in total. The van der Waals surface area contributed by atoms with Crippen molar-refractivity contribution in [3.8, 4) is 0 Å². The van der Waals surface area contributed by atoms with Crippen LogP contribution >= 0.6 is 0 Å². The van der Waals surface area contributed by atoms with Crippen molar-refractivity contribution in [1.29, 1.82) is 0 Å². The van der Waals surface area contributed by atoms with Gasteiger partial charge in [-0.25, -0.2) is 0 Å². The Labute approximate surface area is 121 Å². The maximum absolute atomic E-state index is 12.9. The molecule has 2 aliphatic carbocycles. The molecule has 112 valence electrons. The fourth-order valence-electron chi connectivity index (χ4n) is 4.07. The molecule has 4 nitrogen and oxygen atoms in total. The number of carbonyl (C=O) groups is 2. The van der Waals surface area contributed by atoms with E-state index in [1.54, 1.807) is 0 Å². The smallest absolute Gasteiger partial charge is 0.249 e. The normalized spacial score (nSPS) is 30.7. The van der Waals surface area contributed by atoms with Crippen LogP contribution in [0.2, 0.25) is 0 Å². The zero-order valence-corrected chi connectivity index (χ0v) is 12.7. The number of amides is 2. The molecule has 1 aliphatic heterocycles. The molecular formula is C16H26N2O2. The second kappa shape index (κ2) is 4.74. The fourth-order valence-corrected chi connectivity index (χ4v) is 4.07. The Kier molecular flexibility index (Phi) is 3.30. The van der Waals surface area contributed by atoms with Crippen LogP contribution in [-0.2, 0) is 9.59 Å². The average molecular weight is 278 g/mol. The number of nitrogens with one attached hydrogen (secondary N) is 1. The summed E-state index contributed by atoms with van der Waals surface area (Å²) in [5.41, 5.74) is -0.248. The Morgan fingerprint density at radius 3 is 2.40 bits per heavy atom. The van der Waals surface area contributed by atoms with Gasteiger partial charge < -0.3 is 10.2 Å². The van der Waals surface area contributed by atoms with Crippen molar-refractivity contribution >= 4 is 11.8 Å². The Morgan fingerprint density at radius 1 is 1.20 bits per heavy atom. The topological polar surface area (TPSA) is 49.4 Å². The predicted molar refractivity (Wildman–Crippen MR) is 77.1 cm³/mol. The molecule has 1 spiro atoms. The molecule has 20 heavy (non-hydrogen) atoms. The van der Waals surface area contributed by atoms with Crippen LogP contribution in [0.3, 0.4) is 0 Å². The van der Waals surface area contributed by atoms with Crippen molar-refractivity contribution in [2.75, 3.05) is 6.54 Å². The van der Waals surface area contributed by atoms with Crippen LogP contribution in [0.25, 0.3) is 0 Å². The van der Waals surface area contributed by atoms with Gasteiger partial charge in [0.05, 0.1) is 0 Å². The maximum atomic E-state index is 12.9. The van der Waals surface area contributed by atoms with Crippen LogP contribution in [-0.4, -0.2) is 34.8 Å². The van der Waals surface area contributed by atoms with Gasteiger partial charge in [-0.1, -0.05) is 26.2 Å². The molecule has 3 fully saturated rings. The minimum Gasteiger partial charge on any atom is -0.340 e. The van der Waals surface area contributed by atoms with E-state index in [0.717, 1.165) is 38.6 Å². The van der Waals surface area contributed by atoms with Gasteiger partial charge in [0.1, 0.15) is 11.6 Å². The zero-order chi connectivity index (χ0) is 14.4. The molecule has 2 saturated carbocycles. The largest absolute Gasteiger partial charge is 0.340 e. The lowest BCUT2D eigenvalue weighted by molar-refractivity contribution is -0.155. The van der Waals surface area contributed by atoms with Crippen LogP contribution < -0.4 is 5.32 Å². The van der Waals surface area contributed by atoms with E-state index in [1.807, 2.05) is 11.8 Å². The van der Waals surface area contributed by atoms with E-state index in [9.17, 15) is 9.59 Å². The van der Waals surface area contributed by atoms with Gasteiger partial charge in [0.15, 0.2) is 0 Å². The Morgan fingerprint density at radius 2 is 1.85 bits per heavy atom. The van der Waals surface area contributed by atoms with Crippen molar-refractivity contribution in [3.63, 3.8) is 0 Å². The van der Waals surface area contributed by atoms with E-state index in [2.05, 4.69) is 12.2 Å². The lowest BCUT2D eigenvalue weighted by Gasteiger charge is -2.44. The van der Waals surface area contributed by atoms with E-state index in [-0.39, 0.29) is 17.9 Å². The second-order valence-electron chi connectivity index (χ2n) is 7.14. The Hall–Kier alpha value is -1.06. The third kappa shape index (κ3) is 2.13. The van der Waals surface area contributed by atoms with E-state index in [4.69, 9.17) is 0 Å². The van der Waals surface area contributed by atoms with Crippen LogP contribution in [0.1, 0.15) is 65.2 Å². The van der Waals surface area contributed by atoms with E-state index >= 15 is 0 Å². The molecule has 0 aromatic rings. The van der Waals surface area contributed by atoms with Crippen LogP contribution in [0.5, 0.6) is 0 Å². The van der Waals surface area contributed by atoms with Gasteiger partial charge >= 0.3 is 0 Å². The summed E-state index contributed by atoms with van der Waals surface area (Å²) < 4.78 is 0. The van der Waals surface area contributed by atoms with E-state index < -0.39 is 5.54 Å². The predicted octanol–water partition coefficient (Wildman–Crippen LogP) is 2.23. The molecule has 0 aromatic heterocycles. The summed E-state index contributed by atoms with van der Waals surface area (Å²) in [6.45, 7) is 4.86. The molecule has 1 atom stereocenters. The number of piperazine rings is 1. The van der Waals surface area contributed by atoms with Crippen molar-refractivity contribution < 1.29 is 9.59 Å². The van der Waals surface area contributed by atoms with Gasteiger partial charge in [0.2, 0.25) is 11.8 Å². The summed E-state index contributed by atoms with van der Waals surface area (Å²) in [5, 5.41) is 3.03. The molecule has 1 unspecified atom stereocenters. The van der Waals surface area contributed by atoms with Crippen molar-refractivity contribution in [2.24, 2.45) is 5.41 Å².